The average Bonchev–Trinajstić information content (AvgIpc) is 2.22. The van der Waals surface area contributed by atoms with Crippen LogP contribution in [0, 0.1) is 0 Å². The van der Waals surface area contributed by atoms with Crippen molar-refractivity contribution in [1.29, 1.82) is 0 Å². The van der Waals surface area contributed by atoms with Crippen molar-refractivity contribution in [2.75, 3.05) is 0 Å². The van der Waals surface area contributed by atoms with Gasteiger partial charge < -0.3 is 0 Å². The number of rotatable bonds is 0. The molecule has 0 radical (unpaired) electrons. The van der Waals surface area contributed by atoms with Crippen LogP contribution in [0.3, 0.4) is 0 Å². The van der Waals surface area contributed by atoms with E-state index in [-0.39, 0.29) is 0 Å². The molecule has 0 N–H and O–H groups in total. The molecule has 0 fully saturated rings. The molecule has 0 saturated heterocycles. The lowest BCUT2D eigenvalue weighted by molar-refractivity contribution is 0.761. The van der Waals surface area contributed by atoms with E-state index in [0.29, 0.717) is 0 Å². The van der Waals surface area contributed by atoms with Gasteiger partial charge in [0.2, 0.25) is 0 Å². The Kier molecular flexibility index (Phi) is 6.74. The van der Waals surface area contributed by atoms with Gasteiger partial charge in [-0.2, -0.15) is 0 Å². The molecule has 0 nitrogen and oxygen atoms in total. The topological polar surface area (TPSA) is 0 Å². The first-order chi connectivity index (χ1) is 7.00. The van der Waals surface area contributed by atoms with Gasteiger partial charge in [0.15, 0.2) is 0 Å². The molecule has 14 heavy (non-hydrogen) atoms. The summed E-state index contributed by atoms with van der Waals surface area (Å²) in [5.41, 5.74) is 0. The fourth-order valence-electron chi connectivity index (χ4n) is 1.42. The summed E-state index contributed by atoms with van der Waals surface area (Å²) in [4.78, 5) is 0. The molecule has 0 spiro atoms. The zero-order valence-electron chi connectivity index (χ0n) is 8.86. The molecular formula is C14H20. The normalized spacial score (nSPS) is 26.3. The molecule has 1 rings (SSSR count). The second-order valence-corrected chi connectivity index (χ2v) is 3.55. The summed E-state index contributed by atoms with van der Waals surface area (Å²) in [5, 5.41) is 0. The summed E-state index contributed by atoms with van der Waals surface area (Å²) < 4.78 is 0. The molecule has 0 aromatic carbocycles. The molecule has 0 heterocycles. The van der Waals surface area contributed by atoms with Gasteiger partial charge in [0, 0.05) is 0 Å². The quantitative estimate of drug-likeness (QED) is 0.489. The Balaban J connectivity index is 2.35. The van der Waals surface area contributed by atoms with E-state index in [1.165, 1.54) is 25.7 Å². The second-order valence-electron chi connectivity index (χ2n) is 3.55. The highest BCUT2D eigenvalue weighted by atomic mass is 13.9. The van der Waals surface area contributed by atoms with E-state index < -0.39 is 0 Å². The summed E-state index contributed by atoms with van der Waals surface area (Å²) in [6.45, 7) is 0. The SMILES string of the molecule is C1=CCCCC/C=C/C=C\C/C=C\C1. The maximum atomic E-state index is 2.30. The van der Waals surface area contributed by atoms with E-state index >= 15 is 0 Å². The average molecular weight is 188 g/mol. The third-order valence-electron chi connectivity index (χ3n) is 2.25. The standard InChI is InChI=1S/C14H20/c1-2-4-6-8-10-12-14-13-11-9-7-5-3-1/h1-4,7,9,13-14H,5-6,8,10-12H2/b3-1-,4-2+,9-7-,14-13?. The molecule has 0 aromatic rings. The third kappa shape index (κ3) is 6.47. The Morgan fingerprint density at radius 2 is 1.07 bits per heavy atom. The van der Waals surface area contributed by atoms with Gasteiger partial charge in [-0.15, -0.1) is 0 Å². The van der Waals surface area contributed by atoms with Crippen molar-refractivity contribution in [2.45, 2.75) is 38.5 Å². The van der Waals surface area contributed by atoms with Gasteiger partial charge in [0.25, 0.3) is 0 Å². The minimum absolute atomic E-state index is 1.05. The van der Waals surface area contributed by atoms with E-state index in [1.54, 1.807) is 0 Å². The first-order valence-electron chi connectivity index (χ1n) is 5.62. The summed E-state index contributed by atoms with van der Waals surface area (Å²) in [5.74, 6) is 0. The Morgan fingerprint density at radius 3 is 1.93 bits per heavy atom. The van der Waals surface area contributed by atoms with Crippen LogP contribution in [-0.4, -0.2) is 0 Å². The Morgan fingerprint density at radius 1 is 0.500 bits per heavy atom. The predicted octanol–water partition coefficient (Wildman–Crippen LogP) is 4.57. The van der Waals surface area contributed by atoms with Crippen LogP contribution in [0.4, 0.5) is 0 Å². The van der Waals surface area contributed by atoms with Crippen LogP contribution in [0.25, 0.3) is 0 Å². The first kappa shape index (κ1) is 11.0. The highest BCUT2D eigenvalue weighted by Crippen LogP contribution is 2.03. The van der Waals surface area contributed by atoms with Gasteiger partial charge in [-0.3, -0.25) is 0 Å². The Labute approximate surface area is 87.7 Å². The molecule has 0 atom stereocenters. The number of hydrogen-bond acceptors (Lipinski definition) is 0. The van der Waals surface area contributed by atoms with Crippen molar-refractivity contribution >= 4 is 0 Å². The third-order valence-corrected chi connectivity index (χ3v) is 2.25. The summed E-state index contributed by atoms with van der Waals surface area (Å²) >= 11 is 0. The van der Waals surface area contributed by atoms with Crippen LogP contribution in [-0.2, 0) is 0 Å². The van der Waals surface area contributed by atoms with E-state index in [9.17, 15) is 0 Å². The zero-order valence-corrected chi connectivity index (χ0v) is 8.86. The molecule has 0 aromatic heterocycles. The lowest BCUT2D eigenvalue weighted by Gasteiger charge is -1.93. The van der Waals surface area contributed by atoms with E-state index in [4.69, 9.17) is 0 Å². The zero-order chi connectivity index (χ0) is 9.90. The molecule has 0 aliphatic heterocycles. The van der Waals surface area contributed by atoms with Crippen LogP contribution in [0.5, 0.6) is 0 Å². The number of hydrogen-bond donors (Lipinski definition) is 0. The molecule has 1 aliphatic rings. The molecule has 0 heteroatoms. The number of allylic oxidation sites excluding steroid dienone is 8. The summed E-state index contributed by atoms with van der Waals surface area (Å²) in [7, 11) is 0. The van der Waals surface area contributed by atoms with Crippen molar-refractivity contribution in [3.8, 4) is 0 Å². The van der Waals surface area contributed by atoms with Crippen LogP contribution in [0.1, 0.15) is 38.5 Å². The van der Waals surface area contributed by atoms with Crippen molar-refractivity contribution in [3.63, 3.8) is 0 Å². The van der Waals surface area contributed by atoms with Gasteiger partial charge in [-0.25, -0.2) is 0 Å². The monoisotopic (exact) mass is 188 g/mol. The van der Waals surface area contributed by atoms with Crippen LogP contribution in [0.15, 0.2) is 48.6 Å². The van der Waals surface area contributed by atoms with Crippen molar-refractivity contribution < 1.29 is 0 Å². The Bertz CT molecular complexity index is 228. The molecule has 1 aliphatic carbocycles. The van der Waals surface area contributed by atoms with E-state index in [1.807, 2.05) is 0 Å². The van der Waals surface area contributed by atoms with Gasteiger partial charge in [0.05, 0.1) is 0 Å². The molecular weight excluding hydrogens is 168 g/mol. The first-order valence-corrected chi connectivity index (χ1v) is 5.62. The van der Waals surface area contributed by atoms with Crippen molar-refractivity contribution in [3.05, 3.63) is 48.6 Å². The Hall–Kier alpha value is -1.04. The molecule has 76 valence electrons. The summed E-state index contributed by atoms with van der Waals surface area (Å²) in [6.07, 6.45) is 25.0. The van der Waals surface area contributed by atoms with Crippen LogP contribution < -0.4 is 0 Å². The van der Waals surface area contributed by atoms with Gasteiger partial charge in [-0.05, 0) is 38.5 Å². The molecule has 0 bridgehead atoms. The minimum atomic E-state index is 1.05. The fourth-order valence-corrected chi connectivity index (χ4v) is 1.42. The van der Waals surface area contributed by atoms with Gasteiger partial charge in [0.1, 0.15) is 0 Å². The van der Waals surface area contributed by atoms with Gasteiger partial charge >= 0.3 is 0 Å². The van der Waals surface area contributed by atoms with Crippen LogP contribution in [0.2, 0.25) is 0 Å². The van der Waals surface area contributed by atoms with Crippen molar-refractivity contribution in [1.82, 2.24) is 0 Å². The minimum Gasteiger partial charge on any atom is -0.0882 e. The highest BCUT2D eigenvalue weighted by Gasteiger charge is 1.83. The van der Waals surface area contributed by atoms with Gasteiger partial charge in [-0.1, -0.05) is 48.6 Å². The lowest BCUT2D eigenvalue weighted by Crippen LogP contribution is -1.72. The maximum Gasteiger partial charge on any atom is -0.0166 e. The van der Waals surface area contributed by atoms with Crippen LogP contribution >= 0.6 is 0 Å². The molecule has 0 saturated carbocycles. The highest BCUT2D eigenvalue weighted by molar-refractivity contribution is 5.05. The van der Waals surface area contributed by atoms with Crippen molar-refractivity contribution in [2.24, 2.45) is 0 Å². The molecule has 0 unspecified atom stereocenters. The smallest absolute Gasteiger partial charge is 0.0166 e. The predicted molar refractivity (Wildman–Crippen MR) is 64.3 cm³/mol. The van der Waals surface area contributed by atoms with E-state index in [2.05, 4.69) is 48.6 Å². The maximum absolute atomic E-state index is 2.30. The largest absolute Gasteiger partial charge is 0.0882 e. The second kappa shape index (κ2) is 8.55. The van der Waals surface area contributed by atoms with E-state index in [0.717, 1.165) is 12.8 Å². The molecule has 0 amide bonds. The fraction of sp³-hybridized carbons (Fsp3) is 0.429. The summed E-state index contributed by atoms with van der Waals surface area (Å²) in [6, 6.07) is 0. The lowest BCUT2D eigenvalue weighted by atomic mass is 10.1.